The van der Waals surface area contributed by atoms with Crippen LogP contribution in [0.1, 0.15) is 25.7 Å². The number of alkyl halides is 6. The Morgan fingerprint density at radius 2 is 1.44 bits per heavy atom. The molecule has 0 aliphatic carbocycles. The molecule has 3 aliphatic heterocycles. The lowest BCUT2D eigenvalue weighted by Crippen LogP contribution is -2.58. The van der Waals surface area contributed by atoms with Gasteiger partial charge in [-0.15, -0.1) is 11.8 Å². The fraction of sp³-hybridized carbons (Fsp3) is 0.765. The fourth-order valence-electron chi connectivity index (χ4n) is 3.52. The van der Waals surface area contributed by atoms with Crippen molar-refractivity contribution in [3.63, 3.8) is 0 Å². The van der Waals surface area contributed by atoms with E-state index in [2.05, 4.69) is 4.90 Å². The van der Waals surface area contributed by atoms with Crippen LogP contribution in [-0.2, 0) is 19.2 Å². The van der Waals surface area contributed by atoms with E-state index in [1.165, 1.54) is 19.3 Å². The predicted octanol–water partition coefficient (Wildman–Crippen LogP) is 0.596. The summed E-state index contributed by atoms with van der Waals surface area (Å²) in [7, 11) is 0. The van der Waals surface area contributed by atoms with Gasteiger partial charge in [0.25, 0.3) is 0 Å². The number of primary amides is 1. The van der Waals surface area contributed by atoms with Crippen LogP contribution >= 0.6 is 11.8 Å². The van der Waals surface area contributed by atoms with E-state index >= 15 is 0 Å². The van der Waals surface area contributed by atoms with Gasteiger partial charge in [0.2, 0.25) is 11.8 Å². The lowest BCUT2D eigenvalue weighted by Gasteiger charge is -2.34. The number of piperidine rings is 1. The number of halogens is 6. The molecule has 3 saturated heterocycles. The van der Waals surface area contributed by atoms with Crippen LogP contribution in [0.2, 0.25) is 0 Å². The number of nitrogens with zero attached hydrogens (tertiary/aromatic N) is 2. The lowest BCUT2D eigenvalue weighted by atomic mass is 9.97. The summed E-state index contributed by atoms with van der Waals surface area (Å²) in [6, 6.07) is -0.482. The van der Waals surface area contributed by atoms with E-state index in [4.69, 9.17) is 31.3 Å². The zero-order valence-electron chi connectivity index (χ0n) is 17.6. The van der Waals surface area contributed by atoms with Crippen LogP contribution in [0.15, 0.2) is 0 Å². The average Bonchev–Trinajstić information content (AvgIpc) is 3.20. The van der Waals surface area contributed by atoms with Crippen molar-refractivity contribution in [3.05, 3.63) is 0 Å². The summed E-state index contributed by atoms with van der Waals surface area (Å²) < 4.78 is 63.5. The Hall–Kier alpha value is -2.27. The maximum Gasteiger partial charge on any atom is 0.490 e. The smallest absolute Gasteiger partial charge is 0.475 e. The summed E-state index contributed by atoms with van der Waals surface area (Å²) in [6.45, 7) is 2.64. The van der Waals surface area contributed by atoms with Gasteiger partial charge in [-0.2, -0.15) is 26.3 Å². The van der Waals surface area contributed by atoms with Crippen LogP contribution in [-0.4, -0.2) is 98.5 Å². The van der Waals surface area contributed by atoms with Crippen LogP contribution < -0.4 is 11.5 Å². The number of fused-ring (bicyclic) bond motifs is 1. The van der Waals surface area contributed by atoms with Crippen molar-refractivity contribution in [1.29, 1.82) is 0 Å². The highest BCUT2D eigenvalue weighted by molar-refractivity contribution is 8.00. The molecular weight excluding hydrogens is 502 g/mol. The number of carbonyl (C=O) groups is 4. The molecule has 0 radical (unpaired) electrons. The van der Waals surface area contributed by atoms with Crippen LogP contribution in [0.4, 0.5) is 26.3 Å². The molecule has 0 saturated carbocycles. The molecule has 196 valence electrons. The maximum atomic E-state index is 12.7. The Morgan fingerprint density at radius 1 is 1.00 bits per heavy atom. The second-order valence-corrected chi connectivity index (χ2v) is 8.93. The number of aliphatic carboxylic acids is 2. The molecule has 3 aliphatic rings. The topological polar surface area (TPSA) is 167 Å². The highest BCUT2D eigenvalue weighted by atomic mass is 32.2. The Bertz CT molecular complexity index is 753. The van der Waals surface area contributed by atoms with E-state index in [9.17, 15) is 35.9 Å². The third-order valence-corrected chi connectivity index (χ3v) is 6.35. The molecule has 3 atom stereocenters. The second-order valence-electron chi connectivity index (χ2n) is 7.72. The second kappa shape index (κ2) is 11.4. The van der Waals surface area contributed by atoms with E-state index in [0.29, 0.717) is 18.7 Å². The Morgan fingerprint density at radius 3 is 1.82 bits per heavy atom. The number of amides is 2. The monoisotopic (exact) mass is 526 g/mol. The molecule has 0 aromatic carbocycles. The quantitative estimate of drug-likeness (QED) is 0.385. The van der Waals surface area contributed by atoms with Gasteiger partial charge in [0.1, 0.15) is 11.6 Å². The lowest BCUT2D eigenvalue weighted by molar-refractivity contribution is -0.193. The number of carbonyl (C=O) groups excluding carboxylic acids is 2. The minimum atomic E-state index is -5.08. The summed E-state index contributed by atoms with van der Waals surface area (Å²) in [6.07, 6.45) is -5.93. The first kappa shape index (κ1) is 29.8. The minimum absolute atomic E-state index is 0.0230. The Kier molecular flexibility index (Phi) is 10.0. The van der Waals surface area contributed by atoms with Crippen LogP contribution in [0, 0.1) is 0 Å². The van der Waals surface area contributed by atoms with Gasteiger partial charge in [0.05, 0.1) is 5.37 Å². The number of likely N-dealkylation sites (tertiary alicyclic amines) is 1. The van der Waals surface area contributed by atoms with E-state index in [-0.39, 0.29) is 11.3 Å². The molecule has 0 spiro atoms. The molecular formula is C17H24F6N4O6S. The molecule has 17 heteroatoms. The third kappa shape index (κ3) is 8.19. The number of carboxylic acid groups (broad SMARTS) is 2. The standard InChI is InChI=1S/C13H22N4O2S.2C2HF3O2/c14-11(18)9-7-20-10-6-13(15,12(19)17(9)10)8-16-4-2-1-3-5-16;2*3-2(4,5)1(6)7/h9-10H,1-8,15H2,(H2,14,18);2*(H,6,7)/t9-,10?,13-;;/m0../s1. The number of nitrogens with two attached hydrogens (primary N) is 2. The summed E-state index contributed by atoms with van der Waals surface area (Å²) in [5.74, 6) is -5.43. The zero-order valence-corrected chi connectivity index (χ0v) is 18.4. The first-order valence-corrected chi connectivity index (χ1v) is 10.8. The number of carboxylic acids is 2. The number of hydrogen-bond donors (Lipinski definition) is 4. The minimum Gasteiger partial charge on any atom is -0.475 e. The van der Waals surface area contributed by atoms with Crippen LogP contribution in [0.3, 0.4) is 0 Å². The van der Waals surface area contributed by atoms with Crippen molar-refractivity contribution in [1.82, 2.24) is 9.80 Å². The SMILES string of the molecule is NC(=O)[C@@H]1CSC2C[C@](N)(CN3CCCCC3)C(=O)N21.O=C(O)C(F)(F)F.O=C(O)C(F)(F)F. The molecule has 1 unspecified atom stereocenters. The zero-order chi connectivity index (χ0) is 26.5. The highest BCUT2D eigenvalue weighted by Crippen LogP contribution is 2.41. The van der Waals surface area contributed by atoms with Crippen molar-refractivity contribution in [2.45, 2.75) is 55.0 Å². The molecule has 34 heavy (non-hydrogen) atoms. The summed E-state index contributed by atoms with van der Waals surface area (Å²) >= 11 is 1.62. The molecule has 3 fully saturated rings. The highest BCUT2D eigenvalue weighted by Gasteiger charge is 2.56. The van der Waals surface area contributed by atoms with Gasteiger partial charge in [-0.3, -0.25) is 9.59 Å². The van der Waals surface area contributed by atoms with E-state index < -0.39 is 41.8 Å². The fourth-order valence-corrected chi connectivity index (χ4v) is 5.06. The normalized spacial score (nSPS) is 27.1. The summed E-state index contributed by atoms with van der Waals surface area (Å²) in [5.41, 5.74) is 10.9. The molecule has 3 rings (SSSR count). The molecule has 0 aromatic heterocycles. The van der Waals surface area contributed by atoms with Gasteiger partial charge in [-0.05, 0) is 25.9 Å². The van der Waals surface area contributed by atoms with Crippen molar-refractivity contribution in [3.8, 4) is 0 Å². The van der Waals surface area contributed by atoms with Crippen molar-refractivity contribution < 1.29 is 55.7 Å². The van der Waals surface area contributed by atoms with Gasteiger partial charge in [-0.1, -0.05) is 6.42 Å². The maximum absolute atomic E-state index is 12.7. The average molecular weight is 526 g/mol. The number of rotatable bonds is 3. The third-order valence-electron chi connectivity index (χ3n) is 5.06. The van der Waals surface area contributed by atoms with Crippen LogP contribution in [0.5, 0.6) is 0 Å². The molecule has 0 bridgehead atoms. The van der Waals surface area contributed by atoms with Gasteiger partial charge < -0.3 is 31.5 Å². The largest absolute Gasteiger partial charge is 0.490 e. The Balaban J connectivity index is 0.000000343. The van der Waals surface area contributed by atoms with E-state index in [0.717, 1.165) is 13.1 Å². The molecule has 6 N–H and O–H groups in total. The first-order chi connectivity index (χ1) is 15.4. The molecule has 10 nitrogen and oxygen atoms in total. The summed E-state index contributed by atoms with van der Waals surface area (Å²) in [5, 5.41) is 14.3. The van der Waals surface area contributed by atoms with Crippen molar-refractivity contribution >= 4 is 35.5 Å². The van der Waals surface area contributed by atoms with Crippen molar-refractivity contribution in [2.24, 2.45) is 11.5 Å². The number of hydrogen-bond acceptors (Lipinski definition) is 7. The Labute approximate surface area is 193 Å². The molecule has 3 heterocycles. The van der Waals surface area contributed by atoms with Gasteiger partial charge >= 0.3 is 24.3 Å². The van der Waals surface area contributed by atoms with Gasteiger partial charge in [-0.25, -0.2) is 9.59 Å². The van der Waals surface area contributed by atoms with Crippen LogP contribution in [0.25, 0.3) is 0 Å². The first-order valence-electron chi connectivity index (χ1n) is 9.75. The molecule has 2 amide bonds. The number of thioether (sulfide) groups is 1. The summed E-state index contributed by atoms with van der Waals surface area (Å²) in [4.78, 5) is 45.8. The van der Waals surface area contributed by atoms with Gasteiger partial charge in [0.15, 0.2) is 0 Å². The van der Waals surface area contributed by atoms with Crippen molar-refractivity contribution in [2.75, 3.05) is 25.4 Å². The van der Waals surface area contributed by atoms with E-state index in [1.807, 2.05) is 0 Å². The van der Waals surface area contributed by atoms with E-state index in [1.54, 1.807) is 16.7 Å². The molecule has 0 aromatic rings. The van der Waals surface area contributed by atoms with Gasteiger partial charge in [0, 0.05) is 18.7 Å². The predicted molar refractivity (Wildman–Crippen MR) is 105 cm³/mol.